The van der Waals surface area contributed by atoms with E-state index < -0.39 is 36.5 Å². The van der Waals surface area contributed by atoms with Gasteiger partial charge in [-0.15, -0.1) is 0 Å². The van der Waals surface area contributed by atoms with Crippen molar-refractivity contribution in [2.24, 2.45) is 17.6 Å². The Kier molecular flexibility index (Phi) is 11.1. The summed E-state index contributed by atoms with van der Waals surface area (Å²) in [4.78, 5) is 37.0. The molecule has 180 valence electrons. The topological polar surface area (TPSA) is 151 Å². The van der Waals surface area contributed by atoms with Crippen LogP contribution >= 0.6 is 0 Å². The Morgan fingerprint density at radius 1 is 1.09 bits per heavy atom. The lowest BCUT2D eigenvalue weighted by atomic mass is 10.0. The number of carboxylic acid groups (broad SMARTS) is 1. The molecule has 0 aliphatic carbocycles. The Morgan fingerprint density at radius 2 is 1.75 bits per heavy atom. The molecule has 0 saturated heterocycles. The molecular formula is C23H37N3O6. The summed E-state index contributed by atoms with van der Waals surface area (Å²) in [6.45, 7) is 9.16. The van der Waals surface area contributed by atoms with E-state index in [0.717, 1.165) is 5.56 Å². The average molecular weight is 452 g/mol. The average Bonchev–Trinajstić information content (AvgIpc) is 2.74. The molecule has 0 fully saturated rings. The van der Waals surface area contributed by atoms with E-state index in [4.69, 9.17) is 15.6 Å². The quantitative estimate of drug-likeness (QED) is 0.303. The summed E-state index contributed by atoms with van der Waals surface area (Å²) in [6, 6.07) is 2.65. The maximum Gasteiger partial charge on any atom is 0.328 e. The molecule has 0 heterocycles. The van der Waals surface area contributed by atoms with E-state index in [1.807, 2.05) is 40.7 Å². The van der Waals surface area contributed by atoms with Crippen LogP contribution in [0.4, 0.5) is 0 Å². The lowest BCUT2D eigenvalue weighted by molar-refractivity contribution is -0.143. The number of hydrogen-bond donors (Lipinski definition) is 5. The number of hydrogen-bond acceptors (Lipinski definition) is 6. The molecule has 1 aromatic carbocycles. The number of aryl methyl sites for hydroxylation is 1. The van der Waals surface area contributed by atoms with Crippen molar-refractivity contribution in [3.63, 3.8) is 0 Å². The number of aliphatic hydroxyl groups excluding tert-OH is 1. The van der Waals surface area contributed by atoms with Gasteiger partial charge in [0, 0.05) is 6.04 Å². The van der Waals surface area contributed by atoms with Crippen LogP contribution < -0.4 is 21.1 Å². The first-order valence-electron chi connectivity index (χ1n) is 11.0. The first kappa shape index (κ1) is 27.4. The van der Waals surface area contributed by atoms with Crippen molar-refractivity contribution >= 4 is 17.8 Å². The van der Waals surface area contributed by atoms with Gasteiger partial charge in [0.25, 0.3) is 5.91 Å². The fourth-order valence-corrected chi connectivity index (χ4v) is 2.88. The first-order valence-corrected chi connectivity index (χ1v) is 11.0. The van der Waals surface area contributed by atoms with Gasteiger partial charge in [0.2, 0.25) is 5.91 Å². The van der Waals surface area contributed by atoms with Gasteiger partial charge in [-0.3, -0.25) is 9.59 Å². The Labute approximate surface area is 189 Å². The Balaban J connectivity index is 3.12. The summed E-state index contributed by atoms with van der Waals surface area (Å²) in [5, 5.41) is 23.3. The second kappa shape index (κ2) is 13.0. The molecule has 9 nitrogen and oxygen atoms in total. The van der Waals surface area contributed by atoms with Gasteiger partial charge in [0.1, 0.15) is 24.4 Å². The highest BCUT2D eigenvalue weighted by Gasteiger charge is 2.28. The molecule has 2 amide bonds. The fourth-order valence-electron chi connectivity index (χ4n) is 2.88. The van der Waals surface area contributed by atoms with Gasteiger partial charge in [-0.1, -0.05) is 40.7 Å². The third-order valence-electron chi connectivity index (χ3n) is 5.11. The highest BCUT2D eigenvalue weighted by molar-refractivity contribution is 6.00. The molecule has 3 atom stereocenters. The van der Waals surface area contributed by atoms with Crippen molar-refractivity contribution in [3.8, 4) is 5.75 Å². The minimum absolute atomic E-state index is 0.0465. The van der Waals surface area contributed by atoms with Gasteiger partial charge < -0.3 is 31.3 Å². The second-order valence-electron chi connectivity index (χ2n) is 8.64. The number of nitrogens with two attached hydrogens (primary N) is 1. The summed E-state index contributed by atoms with van der Waals surface area (Å²) in [5.74, 6) is -1.93. The largest absolute Gasteiger partial charge is 0.491 e. The van der Waals surface area contributed by atoms with Crippen LogP contribution in [0.1, 0.15) is 57.0 Å². The molecule has 0 aliphatic rings. The number of benzene rings is 1. The Hall–Kier alpha value is -2.65. The highest BCUT2D eigenvalue weighted by atomic mass is 16.5. The minimum atomic E-state index is -1.45. The van der Waals surface area contributed by atoms with E-state index in [1.165, 1.54) is 0 Å². The van der Waals surface area contributed by atoms with E-state index in [1.54, 1.807) is 12.1 Å². The zero-order chi connectivity index (χ0) is 24.4. The van der Waals surface area contributed by atoms with Crippen LogP contribution in [0, 0.1) is 11.8 Å². The molecule has 32 heavy (non-hydrogen) atoms. The molecule has 0 unspecified atom stereocenters. The number of aliphatic hydroxyl groups is 1. The van der Waals surface area contributed by atoms with Gasteiger partial charge in [-0.05, 0) is 42.4 Å². The van der Waals surface area contributed by atoms with Gasteiger partial charge in [0.15, 0.2) is 0 Å². The maximum atomic E-state index is 13.1. The minimum Gasteiger partial charge on any atom is -0.491 e. The lowest BCUT2D eigenvalue weighted by Gasteiger charge is -2.23. The normalized spacial score (nSPS) is 14.0. The predicted octanol–water partition coefficient (Wildman–Crippen LogP) is 1.32. The zero-order valence-electron chi connectivity index (χ0n) is 19.6. The smallest absolute Gasteiger partial charge is 0.328 e. The predicted molar refractivity (Wildman–Crippen MR) is 121 cm³/mol. The van der Waals surface area contributed by atoms with Crippen molar-refractivity contribution in [1.29, 1.82) is 0 Å². The van der Waals surface area contributed by atoms with Crippen LogP contribution in [0.25, 0.3) is 0 Å². The standard InChI is InChI=1S/C23H37N3O6/c1-6-15-7-8-20(32-12-17(24)14(4)5)16(10-15)21(28)25-18(9-13(2)3)22(29)26-19(11-27)23(30)31/h7-8,10,13-14,17-19,27H,6,9,11-12,24H2,1-5H3,(H,25,28)(H,26,29)(H,30,31)/t17-,18+,19+/m1/s1. The van der Waals surface area contributed by atoms with Crippen LogP contribution in [0.2, 0.25) is 0 Å². The third kappa shape index (κ3) is 8.47. The monoisotopic (exact) mass is 451 g/mol. The van der Waals surface area contributed by atoms with Gasteiger partial charge >= 0.3 is 5.97 Å². The molecule has 0 saturated carbocycles. The molecule has 0 aliphatic heterocycles. The summed E-state index contributed by atoms with van der Waals surface area (Å²) in [7, 11) is 0. The first-order chi connectivity index (χ1) is 15.0. The Morgan fingerprint density at radius 3 is 2.25 bits per heavy atom. The van der Waals surface area contributed by atoms with Crippen molar-refractivity contribution in [3.05, 3.63) is 29.3 Å². The van der Waals surface area contributed by atoms with Crippen LogP contribution in [-0.4, -0.2) is 59.3 Å². The van der Waals surface area contributed by atoms with Crippen molar-refractivity contribution in [2.45, 2.75) is 65.6 Å². The number of amides is 2. The SMILES string of the molecule is CCc1ccc(OC[C@@H](N)C(C)C)c(C(=O)N[C@@H](CC(C)C)C(=O)N[C@@H](CO)C(=O)O)c1. The number of aliphatic carboxylic acids is 1. The lowest BCUT2D eigenvalue weighted by Crippen LogP contribution is -2.53. The van der Waals surface area contributed by atoms with Crippen LogP contribution in [0.15, 0.2) is 18.2 Å². The Bertz CT molecular complexity index is 781. The van der Waals surface area contributed by atoms with Crippen LogP contribution in [0.3, 0.4) is 0 Å². The van der Waals surface area contributed by atoms with Crippen molar-refractivity contribution in [1.82, 2.24) is 10.6 Å². The summed E-state index contributed by atoms with van der Waals surface area (Å²) < 4.78 is 5.82. The molecule has 1 aromatic rings. The molecule has 6 N–H and O–H groups in total. The van der Waals surface area contributed by atoms with E-state index in [2.05, 4.69) is 10.6 Å². The van der Waals surface area contributed by atoms with Crippen molar-refractivity contribution < 1.29 is 29.3 Å². The van der Waals surface area contributed by atoms with E-state index in [-0.39, 0.29) is 36.5 Å². The molecule has 0 aromatic heterocycles. The summed E-state index contributed by atoms with van der Waals surface area (Å²) in [5.41, 5.74) is 7.26. The van der Waals surface area contributed by atoms with Crippen molar-refractivity contribution in [2.75, 3.05) is 13.2 Å². The summed E-state index contributed by atoms with van der Waals surface area (Å²) in [6.07, 6.45) is 0.996. The summed E-state index contributed by atoms with van der Waals surface area (Å²) >= 11 is 0. The fraction of sp³-hybridized carbons (Fsp3) is 0.609. The number of ether oxygens (including phenoxy) is 1. The van der Waals surface area contributed by atoms with Crippen LogP contribution in [0.5, 0.6) is 5.75 Å². The molecular weight excluding hydrogens is 414 g/mol. The maximum absolute atomic E-state index is 13.1. The third-order valence-corrected chi connectivity index (χ3v) is 5.11. The number of carbonyl (C=O) groups excluding carboxylic acids is 2. The molecule has 0 bridgehead atoms. The number of carbonyl (C=O) groups is 3. The molecule has 9 heteroatoms. The number of rotatable bonds is 13. The van der Waals surface area contributed by atoms with E-state index in [9.17, 15) is 19.5 Å². The van der Waals surface area contributed by atoms with Gasteiger partial charge in [-0.25, -0.2) is 4.79 Å². The molecule has 0 spiro atoms. The van der Waals surface area contributed by atoms with Gasteiger partial charge in [0.05, 0.1) is 12.2 Å². The van der Waals surface area contributed by atoms with E-state index >= 15 is 0 Å². The molecule has 0 radical (unpaired) electrons. The zero-order valence-corrected chi connectivity index (χ0v) is 19.6. The van der Waals surface area contributed by atoms with E-state index in [0.29, 0.717) is 12.2 Å². The van der Waals surface area contributed by atoms with Crippen LogP contribution in [-0.2, 0) is 16.0 Å². The van der Waals surface area contributed by atoms with Gasteiger partial charge in [-0.2, -0.15) is 0 Å². The highest BCUT2D eigenvalue weighted by Crippen LogP contribution is 2.22. The number of nitrogens with one attached hydrogen (secondary N) is 2. The number of carboxylic acids is 1. The molecule has 1 rings (SSSR count). The second-order valence-corrected chi connectivity index (χ2v) is 8.64.